The third-order valence-electron chi connectivity index (χ3n) is 2.82. The second kappa shape index (κ2) is 7.83. The molecule has 0 aliphatic rings. The van der Waals surface area contributed by atoms with E-state index in [2.05, 4.69) is 16.4 Å². The molecule has 0 saturated carbocycles. The molecule has 22 heavy (non-hydrogen) atoms. The van der Waals surface area contributed by atoms with E-state index in [0.29, 0.717) is 33.5 Å². The summed E-state index contributed by atoms with van der Waals surface area (Å²) in [6.45, 7) is 1.87. The maximum atomic E-state index is 11.9. The van der Waals surface area contributed by atoms with Gasteiger partial charge in [-0.15, -0.1) is 11.8 Å². The quantitative estimate of drug-likeness (QED) is 0.840. The Balaban J connectivity index is 1.86. The van der Waals surface area contributed by atoms with Crippen molar-refractivity contribution in [2.45, 2.75) is 18.4 Å². The number of aryl methyl sites for hydroxylation is 1. The number of amides is 1. The van der Waals surface area contributed by atoms with Gasteiger partial charge in [0, 0.05) is 28.6 Å². The molecular weight excluding hydrogens is 318 g/mol. The highest BCUT2D eigenvalue weighted by Gasteiger charge is 2.07. The maximum absolute atomic E-state index is 11.9. The van der Waals surface area contributed by atoms with Crippen molar-refractivity contribution >= 4 is 35.0 Å². The van der Waals surface area contributed by atoms with Crippen LogP contribution >= 0.6 is 23.4 Å². The normalized spacial score (nSPS) is 10.0. The van der Waals surface area contributed by atoms with Crippen LogP contribution in [0, 0.1) is 18.3 Å². The third-order valence-corrected chi connectivity index (χ3v) is 4.06. The number of pyridine rings is 1. The SMILES string of the molecule is Cc1ccc(C#N)c(SCCC(=O)Nc2ccc(Cl)cc2)n1. The predicted molar refractivity (Wildman–Crippen MR) is 89.1 cm³/mol. The lowest BCUT2D eigenvalue weighted by Crippen LogP contribution is -2.12. The molecule has 0 unspecified atom stereocenters. The number of anilines is 1. The van der Waals surface area contributed by atoms with E-state index in [1.165, 1.54) is 11.8 Å². The fourth-order valence-corrected chi connectivity index (χ4v) is 2.81. The molecule has 0 fully saturated rings. The summed E-state index contributed by atoms with van der Waals surface area (Å²) in [6.07, 6.45) is 0.341. The summed E-state index contributed by atoms with van der Waals surface area (Å²) in [5.74, 6) is 0.478. The van der Waals surface area contributed by atoms with Crippen LogP contribution in [0.2, 0.25) is 5.02 Å². The van der Waals surface area contributed by atoms with Crippen LogP contribution in [0.1, 0.15) is 17.7 Å². The minimum absolute atomic E-state index is 0.0824. The highest BCUT2D eigenvalue weighted by atomic mass is 35.5. The van der Waals surface area contributed by atoms with Crippen LogP contribution in [0.15, 0.2) is 41.4 Å². The van der Waals surface area contributed by atoms with Crippen molar-refractivity contribution in [1.82, 2.24) is 4.98 Å². The first-order chi connectivity index (χ1) is 10.6. The van der Waals surface area contributed by atoms with E-state index in [0.717, 1.165) is 5.69 Å². The maximum Gasteiger partial charge on any atom is 0.225 e. The number of hydrogen-bond donors (Lipinski definition) is 1. The van der Waals surface area contributed by atoms with E-state index < -0.39 is 0 Å². The van der Waals surface area contributed by atoms with Crippen LogP contribution in [-0.2, 0) is 4.79 Å². The number of halogens is 1. The lowest BCUT2D eigenvalue weighted by molar-refractivity contribution is -0.115. The van der Waals surface area contributed by atoms with Crippen molar-refractivity contribution in [3.63, 3.8) is 0 Å². The van der Waals surface area contributed by atoms with E-state index in [9.17, 15) is 4.79 Å². The second-order valence-electron chi connectivity index (χ2n) is 4.57. The summed E-state index contributed by atoms with van der Waals surface area (Å²) < 4.78 is 0. The highest BCUT2D eigenvalue weighted by molar-refractivity contribution is 7.99. The topological polar surface area (TPSA) is 65.8 Å². The first kappa shape index (κ1) is 16.3. The highest BCUT2D eigenvalue weighted by Crippen LogP contribution is 2.21. The average molecular weight is 332 g/mol. The van der Waals surface area contributed by atoms with Crippen LogP contribution in [0.25, 0.3) is 0 Å². The Morgan fingerprint density at radius 1 is 1.32 bits per heavy atom. The summed E-state index contributed by atoms with van der Waals surface area (Å²) >= 11 is 7.20. The molecule has 0 spiro atoms. The number of thioether (sulfide) groups is 1. The molecule has 1 N–H and O–H groups in total. The van der Waals surface area contributed by atoms with Gasteiger partial charge in [-0.3, -0.25) is 4.79 Å². The lowest BCUT2D eigenvalue weighted by Gasteiger charge is -2.06. The second-order valence-corrected chi connectivity index (χ2v) is 6.09. The van der Waals surface area contributed by atoms with Gasteiger partial charge in [-0.25, -0.2) is 4.98 Å². The number of carbonyl (C=O) groups is 1. The fourth-order valence-electron chi connectivity index (χ4n) is 1.73. The number of nitriles is 1. The monoisotopic (exact) mass is 331 g/mol. The van der Waals surface area contributed by atoms with Crippen molar-refractivity contribution in [3.8, 4) is 6.07 Å². The molecule has 2 aromatic rings. The Morgan fingerprint density at radius 2 is 2.05 bits per heavy atom. The minimum atomic E-state index is -0.0824. The van der Waals surface area contributed by atoms with Gasteiger partial charge in [-0.2, -0.15) is 5.26 Å². The molecule has 0 aliphatic carbocycles. The number of carbonyl (C=O) groups excluding carboxylic acids is 1. The van der Waals surface area contributed by atoms with Crippen molar-refractivity contribution in [2.24, 2.45) is 0 Å². The van der Waals surface area contributed by atoms with Gasteiger partial charge in [0.2, 0.25) is 5.91 Å². The first-order valence-corrected chi connectivity index (χ1v) is 8.01. The Hall–Kier alpha value is -2.03. The van der Waals surface area contributed by atoms with Crippen molar-refractivity contribution in [2.75, 3.05) is 11.1 Å². The standard InChI is InChI=1S/C16H14ClN3OS/c1-11-2-3-12(10-18)16(19-11)22-9-8-15(21)20-14-6-4-13(17)5-7-14/h2-7H,8-9H2,1H3,(H,20,21). The Morgan fingerprint density at radius 3 is 2.73 bits per heavy atom. The third kappa shape index (κ3) is 4.76. The molecule has 2 rings (SSSR count). The van der Waals surface area contributed by atoms with Gasteiger partial charge in [0.25, 0.3) is 0 Å². The number of rotatable bonds is 5. The van der Waals surface area contributed by atoms with Gasteiger partial charge in [0.1, 0.15) is 11.1 Å². The molecule has 1 aromatic heterocycles. The Kier molecular flexibility index (Phi) is 5.82. The van der Waals surface area contributed by atoms with Crippen molar-refractivity contribution < 1.29 is 4.79 Å². The summed E-state index contributed by atoms with van der Waals surface area (Å²) in [6, 6.07) is 12.6. The number of benzene rings is 1. The van der Waals surface area contributed by atoms with Crippen molar-refractivity contribution in [1.29, 1.82) is 5.26 Å². The molecule has 0 aliphatic heterocycles. The van der Waals surface area contributed by atoms with Gasteiger partial charge in [-0.1, -0.05) is 11.6 Å². The van der Waals surface area contributed by atoms with Crippen LogP contribution in [-0.4, -0.2) is 16.6 Å². The van der Waals surface area contributed by atoms with Crippen LogP contribution in [0.3, 0.4) is 0 Å². The summed E-state index contributed by atoms with van der Waals surface area (Å²) in [5.41, 5.74) is 2.10. The Labute approximate surface area is 138 Å². The molecular formula is C16H14ClN3OS. The molecule has 1 aromatic carbocycles. The summed E-state index contributed by atoms with van der Waals surface area (Å²) in [4.78, 5) is 16.2. The number of nitrogens with one attached hydrogen (secondary N) is 1. The molecule has 0 radical (unpaired) electrons. The van der Waals surface area contributed by atoms with Crippen LogP contribution in [0.5, 0.6) is 0 Å². The van der Waals surface area contributed by atoms with E-state index in [-0.39, 0.29) is 5.91 Å². The van der Waals surface area contributed by atoms with Gasteiger partial charge < -0.3 is 5.32 Å². The molecule has 0 atom stereocenters. The number of hydrogen-bond acceptors (Lipinski definition) is 4. The lowest BCUT2D eigenvalue weighted by atomic mass is 10.3. The predicted octanol–water partition coefficient (Wildman–Crippen LogP) is 4.04. The molecule has 1 heterocycles. The largest absolute Gasteiger partial charge is 0.326 e. The van der Waals surface area contributed by atoms with Crippen LogP contribution < -0.4 is 5.32 Å². The zero-order chi connectivity index (χ0) is 15.9. The Bertz CT molecular complexity index is 710. The molecule has 6 heteroatoms. The van der Waals surface area contributed by atoms with E-state index in [4.69, 9.17) is 16.9 Å². The minimum Gasteiger partial charge on any atom is -0.326 e. The van der Waals surface area contributed by atoms with Crippen molar-refractivity contribution in [3.05, 3.63) is 52.7 Å². The molecule has 0 saturated heterocycles. The average Bonchev–Trinajstić information content (AvgIpc) is 2.50. The van der Waals surface area contributed by atoms with Gasteiger partial charge >= 0.3 is 0 Å². The van der Waals surface area contributed by atoms with Gasteiger partial charge in [0.15, 0.2) is 0 Å². The van der Waals surface area contributed by atoms with Crippen LogP contribution in [0.4, 0.5) is 5.69 Å². The smallest absolute Gasteiger partial charge is 0.225 e. The number of aromatic nitrogens is 1. The molecule has 0 bridgehead atoms. The fraction of sp³-hybridized carbons (Fsp3) is 0.188. The molecule has 4 nitrogen and oxygen atoms in total. The molecule has 112 valence electrons. The summed E-state index contributed by atoms with van der Waals surface area (Å²) in [5, 5.41) is 13.1. The zero-order valence-corrected chi connectivity index (χ0v) is 13.5. The van der Waals surface area contributed by atoms with E-state index in [1.807, 2.05) is 6.92 Å². The number of nitrogens with zero attached hydrogens (tertiary/aromatic N) is 2. The van der Waals surface area contributed by atoms with E-state index in [1.54, 1.807) is 36.4 Å². The molecule has 1 amide bonds. The first-order valence-electron chi connectivity index (χ1n) is 6.64. The summed E-state index contributed by atoms with van der Waals surface area (Å²) in [7, 11) is 0. The van der Waals surface area contributed by atoms with Gasteiger partial charge in [0.05, 0.1) is 5.56 Å². The van der Waals surface area contributed by atoms with E-state index >= 15 is 0 Å². The zero-order valence-electron chi connectivity index (χ0n) is 12.0. The van der Waals surface area contributed by atoms with Gasteiger partial charge in [-0.05, 0) is 43.3 Å².